The Morgan fingerprint density at radius 2 is 2.19 bits per heavy atom. The number of anilines is 1. The van der Waals surface area contributed by atoms with Gasteiger partial charge in [0, 0.05) is 0 Å². The lowest BCUT2D eigenvalue weighted by molar-refractivity contribution is 0.0966. The standard InChI is InChI=1S/C10H8ClN3OS/c11-8-4-1-5-9(12-8)13-14-10(15)7-3-2-6-16-7/h1-6H,(H,12,13)(H,14,15). The van der Waals surface area contributed by atoms with E-state index in [4.69, 9.17) is 11.6 Å². The lowest BCUT2D eigenvalue weighted by Crippen LogP contribution is -2.29. The molecule has 2 aromatic heterocycles. The molecule has 2 heterocycles. The van der Waals surface area contributed by atoms with Crippen LogP contribution in [0.15, 0.2) is 35.7 Å². The Labute approximate surface area is 101 Å². The van der Waals surface area contributed by atoms with Gasteiger partial charge in [0.25, 0.3) is 5.91 Å². The SMILES string of the molecule is O=C(NNc1cccc(Cl)n1)c1cccs1. The number of hydrogen-bond donors (Lipinski definition) is 2. The molecule has 2 N–H and O–H groups in total. The van der Waals surface area contributed by atoms with Gasteiger partial charge in [-0.1, -0.05) is 23.7 Å². The van der Waals surface area contributed by atoms with Crippen LogP contribution in [0.3, 0.4) is 0 Å². The summed E-state index contributed by atoms with van der Waals surface area (Å²) >= 11 is 7.07. The summed E-state index contributed by atoms with van der Waals surface area (Å²) in [4.78, 5) is 16.1. The second kappa shape index (κ2) is 4.96. The quantitative estimate of drug-likeness (QED) is 0.653. The Bertz CT molecular complexity index is 487. The Balaban J connectivity index is 1.95. The van der Waals surface area contributed by atoms with E-state index in [0.29, 0.717) is 15.8 Å². The van der Waals surface area contributed by atoms with Gasteiger partial charge in [0.05, 0.1) is 4.88 Å². The summed E-state index contributed by atoms with van der Waals surface area (Å²) in [5.41, 5.74) is 5.21. The fraction of sp³-hybridized carbons (Fsp3) is 0. The normalized spacial score (nSPS) is 9.81. The first-order chi connectivity index (χ1) is 7.75. The van der Waals surface area contributed by atoms with Gasteiger partial charge in [-0.15, -0.1) is 11.3 Å². The maximum absolute atomic E-state index is 11.5. The molecule has 16 heavy (non-hydrogen) atoms. The van der Waals surface area contributed by atoms with Gasteiger partial charge in [-0.25, -0.2) is 4.98 Å². The lowest BCUT2D eigenvalue weighted by Gasteiger charge is -2.06. The molecule has 0 aliphatic heterocycles. The molecule has 0 saturated heterocycles. The molecule has 4 nitrogen and oxygen atoms in total. The topological polar surface area (TPSA) is 54.0 Å². The zero-order valence-electron chi connectivity index (χ0n) is 8.11. The fourth-order valence-electron chi connectivity index (χ4n) is 1.07. The molecular weight excluding hydrogens is 246 g/mol. The second-order valence-electron chi connectivity index (χ2n) is 2.90. The maximum Gasteiger partial charge on any atom is 0.279 e. The zero-order valence-corrected chi connectivity index (χ0v) is 9.68. The largest absolute Gasteiger partial charge is 0.282 e. The summed E-state index contributed by atoms with van der Waals surface area (Å²) < 4.78 is 0. The molecule has 0 bridgehead atoms. The summed E-state index contributed by atoms with van der Waals surface area (Å²) in [6.07, 6.45) is 0. The third-order valence-electron chi connectivity index (χ3n) is 1.76. The Morgan fingerprint density at radius 3 is 2.88 bits per heavy atom. The summed E-state index contributed by atoms with van der Waals surface area (Å²) in [6, 6.07) is 8.67. The number of thiophene rings is 1. The number of amides is 1. The molecular formula is C10H8ClN3OS. The van der Waals surface area contributed by atoms with Crippen LogP contribution in [0.1, 0.15) is 9.67 Å². The highest BCUT2D eigenvalue weighted by Crippen LogP contribution is 2.10. The van der Waals surface area contributed by atoms with Gasteiger partial charge < -0.3 is 0 Å². The third-order valence-corrected chi connectivity index (χ3v) is 2.84. The van der Waals surface area contributed by atoms with Crippen LogP contribution in [-0.4, -0.2) is 10.9 Å². The van der Waals surface area contributed by atoms with Gasteiger partial charge in [-0.3, -0.25) is 15.6 Å². The van der Waals surface area contributed by atoms with E-state index in [1.165, 1.54) is 11.3 Å². The van der Waals surface area contributed by atoms with E-state index >= 15 is 0 Å². The van der Waals surface area contributed by atoms with Crippen molar-refractivity contribution in [1.82, 2.24) is 10.4 Å². The number of carbonyl (C=O) groups excluding carboxylic acids is 1. The van der Waals surface area contributed by atoms with Crippen LogP contribution in [0.5, 0.6) is 0 Å². The molecule has 0 aliphatic carbocycles. The number of rotatable bonds is 3. The minimum Gasteiger partial charge on any atom is -0.282 e. The van der Waals surface area contributed by atoms with Gasteiger partial charge in [0.2, 0.25) is 0 Å². The van der Waals surface area contributed by atoms with Gasteiger partial charge in [0.1, 0.15) is 11.0 Å². The lowest BCUT2D eigenvalue weighted by atomic mass is 10.4. The van der Waals surface area contributed by atoms with E-state index in [0.717, 1.165) is 0 Å². The van der Waals surface area contributed by atoms with Crippen molar-refractivity contribution in [3.05, 3.63) is 45.7 Å². The molecule has 1 amide bonds. The molecule has 0 aliphatic rings. The number of nitrogens with zero attached hydrogens (tertiary/aromatic N) is 1. The van der Waals surface area contributed by atoms with Crippen LogP contribution < -0.4 is 10.9 Å². The summed E-state index contributed by atoms with van der Waals surface area (Å²) in [5.74, 6) is 0.300. The van der Waals surface area contributed by atoms with Crippen molar-refractivity contribution >= 4 is 34.7 Å². The smallest absolute Gasteiger partial charge is 0.279 e. The number of aromatic nitrogens is 1. The van der Waals surface area contributed by atoms with Crippen molar-refractivity contribution in [1.29, 1.82) is 0 Å². The predicted molar refractivity (Wildman–Crippen MR) is 64.7 cm³/mol. The van der Waals surface area contributed by atoms with Crippen molar-refractivity contribution in [3.63, 3.8) is 0 Å². The number of hydrazine groups is 1. The first kappa shape index (κ1) is 10.9. The second-order valence-corrected chi connectivity index (χ2v) is 4.24. The van der Waals surface area contributed by atoms with E-state index in [9.17, 15) is 4.79 Å². The Morgan fingerprint density at radius 1 is 1.31 bits per heavy atom. The monoisotopic (exact) mass is 253 g/mol. The van der Waals surface area contributed by atoms with E-state index in [1.807, 2.05) is 11.4 Å². The van der Waals surface area contributed by atoms with Crippen molar-refractivity contribution in [3.8, 4) is 0 Å². The number of nitrogens with one attached hydrogen (secondary N) is 2. The molecule has 0 atom stereocenters. The van der Waals surface area contributed by atoms with E-state index in [-0.39, 0.29) is 5.91 Å². The fourth-order valence-corrected chi connectivity index (χ4v) is 1.85. The number of pyridine rings is 1. The van der Waals surface area contributed by atoms with Gasteiger partial charge in [0.15, 0.2) is 0 Å². The minimum atomic E-state index is -0.197. The number of hydrogen-bond acceptors (Lipinski definition) is 4. The summed E-state index contributed by atoms with van der Waals surface area (Å²) in [7, 11) is 0. The molecule has 0 unspecified atom stereocenters. The molecule has 0 radical (unpaired) electrons. The predicted octanol–water partition coefficient (Wildman–Crippen LogP) is 2.55. The average Bonchev–Trinajstić information content (AvgIpc) is 2.79. The van der Waals surface area contributed by atoms with E-state index in [1.54, 1.807) is 24.3 Å². The van der Waals surface area contributed by atoms with Crippen molar-refractivity contribution in [2.24, 2.45) is 0 Å². The van der Waals surface area contributed by atoms with Crippen LogP contribution in [0, 0.1) is 0 Å². The van der Waals surface area contributed by atoms with Gasteiger partial charge in [-0.2, -0.15) is 0 Å². The molecule has 2 aromatic rings. The summed E-state index contributed by atoms with van der Waals surface area (Å²) in [5, 5.41) is 2.21. The third kappa shape index (κ3) is 2.71. The maximum atomic E-state index is 11.5. The first-order valence-corrected chi connectivity index (χ1v) is 5.74. The Hall–Kier alpha value is -1.59. The molecule has 82 valence electrons. The van der Waals surface area contributed by atoms with Gasteiger partial charge in [-0.05, 0) is 23.6 Å². The molecule has 0 saturated carbocycles. The Kier molecular flexibility index (Phi) is 3.38. The molecule has 2 rings (SSSR count). The van der Waals surface area contributed by atoms with E-state index in [2.05, 4.69) is 15.8 Å². The van der Waals surface area contributed by atoms with Crippen molar-refractivity contribution in [2.75, 3.05) is 5.43 Å². The minimum absolute atomic E-state index is 0.197. The highest BCUT2D eigenvalue weighted by atomic mass is 35.5. The summed E-state index contributed by atoms with van der Waals surface area (Å²) in [6.45, 7) is 0. The van der Waals surface area contributed by atoms with Crippen LogP contribution in [0.2, 0.25) is 5.15 Å². The zero-order chi connectivity index (χ0) is 11.4. The highest BCUT2D eigenvalue weighted by molar-refractivity contribution is 7.12. The van der Waals surface area contributed by atoms with Gasteiger partial charge >= 0.3 is 0 Å². The van der Waals surface area contributed by atoms with Crippen LogP contribution >= 0.6 is 22.9 Å². The molecule has 0 spiro atoms. The molecule has 6 heteroatoms. The number of halogens is 1. The van der Waals surface area contributed by atoms with Crippen LogP contribution in [0.25, 0.3) is 0 Å². The first-order valence-electron chi connectivity index (χ1n) is 4.48. The van der Waals surface area contributed by atoms with Crippen LogP contribution in [0.4, 0.5) is 5.82 Å². The van der Waals surface area contributed by atoms with Crippen molar-refractivity contribution < 1.29 is 4.79 Å². The van der Waals surface area contributed by atoms with E-state index < -0.39 is 0 Å². The molecule has 0 aromatic carbocycles. The number of carbonyl (C=O) groups is 1. The molecule has 0 fully saturated rings. The highest BCUT2D eigenvalue weighted by Gasteiger charge is 2.05. The van der Waals surface area contributed by atoms with Crippen LogP contribution in [-0.2, 0) is 0 Å². The average molecular weight is 254 g/mol. The van der Waals surface area contributed by atoms with Crippen molar-refractivity contribution in [2.45, 2.75) is 0 Å².